The first-order valence-corrected chi connectivity index (χ1v) is 31.0. The molecule has 93 heavy (non-hydrogen) atoms. The van der Waals surface area contributed by atoms with Crippen LogP contribution in [-0.2, 0) is 4.79 Å². The summed E-state index contributed by atoms with van der Waals surface area (Å²) in [5.74, 6) is 2.58. The number of pyridine rings is 3. The zero-order valence-corrected chi connectivity index (χ0v) is 52.8. The summed E-state index contributed by atoms with van der Waals surface area (Å²) in [5, 5.41) is 44.0. The van der Waals surface area contributed by atoms with E-state index < -0.39 is 6.03 Å². The van der Waals surface area contributed by atoms with Crippen molar-refractivity contribution in [2.75, 3.05) is 151 Å². The SMILES string of the molecule is CC(=O)N1CCN(c2ccc(Nc3ncc4c(C)cc(NC(=O)NCCO)nc4n3)cc2)CC1.CCNC(=O)Nc1ccc2cnc(Nc3ccc(N4CCNCC4)c(Cl)c3)nc2n1.CCNC(=O)Nc1ccc2cnc(Nc3ccc(N4CCNCC4)cc3)nc2n1. The van der Waals surface area contributed by atoms with Gasteiger partial charge in [0.05, 0.1) is 17.3 Å². The van der Waals surface area contributed by atoms with E-state index in [2.05, 4.69) is 130 Å². The van der Waals surface area contributed by atoms with E-state index in [1.54, 1.807) is 43.7 Å². The number of amides is 7. The number of aryl methyl sites for hydroxylation is 1. The monoisotopic (exact) mass is 1280 g/mol. The minimum atomic E-state index is -0.449. The Hall–Kier alpha value is -10.6. The number of nitrogens with one attached hydrogen (secondary N) is 11. The molecule has 3 aliphatic rings. The van der Waals surface area contributed by atoms with Crippen LogP contribution in [0.3, 0.4) is 0 Å². The predicted molar refractivity (Wildman–Crippen MR) is 365 cm³/mol. The number of nitrogens with zero attached hydrogens (tertiary/aromatic N) is 13. The van der Waals surface area contributed by atoms with Crippen molar-refractivity contribution in [2.45, 2.75) is 27.7 Å². The molecule has 3 aromatic carbocycles. The number of anilines is 12. The molecule has 12 rings (SSSR count). The average Bonchev–Trinajstić information content (AvgIpc) is 1.03. The van der Waals surface area contributed by atoms with Gasteiger partial charge in [0.1, 0.15) is 17.5 Å². The first-order valence-electron chi connectivity index (χ1n) is 30.7. The van der Waals surface area contributed by atoms with Gasteiger partial charge in [-0.05, 0) is 123 Å². The second kappa shape index (κ2) is 31.9. The van der Waals surface area contributed by atoms with Crippen LogP contribution in [0.5, 0.6) is 0 Å². The molecule has 3 saturated heterocycles. The molecule has 0 aliphatic carbocycles. The zero-order valence-electron chi connectivity index (χ0n) is 52.1. The lowest BCUT2D eigenvalue weighted by Crippen LogP contribution is -2.48. The van der Waals surface area contributed by atoms with Crippen LogP contribution < -0.4 is 73.2 Å². The van der Waals surface area contributed by atoms with Gasteiger partial charge in [0.2, 0.25) is 23.8 Å². The largest absolute Gasteiger partial charge is 0.395 e. The number of piperazine rings is 3. The fourth-order valence-corrected chi connectivity index (χ4v) is 10.5. The summed E-state index contributed by atoms with van der Waals surface area (Å²) >= 11 is 6.52. The van der Waals surface area contributed by atoms with Crippen LogP contribution in [0.2, 0.25) is 5.02 Å². The Bertz CT molecular complexity index is 4040. The van der Waals surface area contributed by atoms with Gasteiger partial charge in [-0.1, -0.05) is 11.6 Å². The van der Waals surface area contributed by atoms with Crippen LogP contribution in [0.25, 0.3) is 33.1 Å². The third kappa shape index (κ3) is 18.3. The maximum Gasteiger partial charge on any atom is 0.320 e. The topological polar surface area (TPSA) is 350 Å². The molecule has 0 unspecified atom stereocenters. The zero-order chi connectivity index (χ0) is 65.1. The third-order valence-corrected chi connectivity index (χ3v) is 15.2. The van der Waals surface area contributed by atoms with Gasteiger partial charge in [0.25, 0.3) is 0 Å². The molecule has 7 amide bonds. The van der Waals surface area contributed by atoms with Crippen LogP contribution in [0.4, 0.5) is 83.8 Å². The van der Waals surface area contributed by atoms with Crippen molar-refractivity contribution in [3.63, 3.8) is 0 Å². The van der Waals surface area contributed by atoms with E-state index in [1.165, 1.54) is 5.69 Å². The Morgan fingerprint density at radius 3 is 1.46 bits per heavy atom. The summed E-state index contributed by atoms with van der Waals surface area (Å²) < 4.78 is 0. The first kappa shape index (κ1) is 65.3. The van der Waals surface area contributed by atoms with Crippen LogP contribution in [-0.4, -0.2) is 184 Å². The van der Waals surface area contributed by atoms with E-state index in [4.69, 9.17) is 16.7 Å². The first-order chi connectivity index (χ1) is 45.2. The van der Waals surface area contributed by atoms with E-state index in [0.29, 0.717) is 70.4 Å². The Labute approximate surface area is 541 Å². The Kier molecular flexibility index (Phi) is 22.4. The summed E-state index contributed by atoms with van der Waals surface area (Å²) in [4.78, 5) is 95.3. The van der Waals surface area contributed by atoms with Crippen molar-refractivity contribution in [3.8, 4) is 0 Å². The minimum Gasteiger partial charge on any atom is -0.395 e. The summed E-state index contributed by atoms with van der Waals surface area (Å²) in [6.45, 7) is 19.2. The molecule has 3 aliphatic heterocycles. The molecule has 9 aromatic rings. The van der Waals surface area contributed by atoms with Crippen LogP contribution in [0.1, 0.15) is 26.3 Å². The van der Waals surface area contributed by atoms with Crippen LogP contribution >= 0.6 is 11.6 Å². The number of benzene rings is 3. The molecule has 0 radical (unpaired) electrons. The Balaban J connectivity index is 0.000000153. The molecule has 0 saturated carbocycles. The lowest BCUT2D eigenvalue weighted by molar-refractivity contribution is -0.129. The average molecular weight is 1280 g/mol. The number of carbonyl (C=O) groups excluding carboxylic acids is 4. The molecule has 6 aromatic heterocycles. The number of hydrogen-bond donors (Lipinski definition) is 12. The molecule has 0 atom stereocenters. The fourth-order valence-electron chi connectivity index (χ4n) is 10.2. The number of aromatic nitrogens is 9. The van der Waals surface area contributed by atoms with Crippen LogP contribution in [0.15, 0.2) is 116 Å². The summed E-state index contributed by atoms with van der Waals surface area (Å²) in [6, 6.07) is 29.8. The quantitative estimate of drug-likeness (QED) is 0.0457. The number of rotatable bonds is 16. The number of urea groups is 3. The van der Waals surface area contributed by atoms with Crippen molar-refractivity contribution < 1.29 is 24.3 Å². The molecular weight excluding hydrogens is 1210 g/mol. The molecule has 9 heterocycles. The molecule has 12 N–H and O–H groups in total. The van der Waals surface area contributed by atoms with Crippen molar-refractivity contribution >= 4 is 138 Å². The van der Waals surface area contributed by atoms with E-state index in [-0.39, 0.29) is 31.1 Å². The summed E-state index contributed by atoms with van der Waals surface area (Å²) in [7, 11) is 0. The predicted octanol–water partition coefficient (Wildman–Crippen LogP) is 7.15. The van der Waals surface area contributed by atoms with Crippen LogP contribution in [0, 0.1) is 6.92 Å². The van der Waals surface area contributed by atoms with Gasteiger partial charge in [-0.15, -0.1) is 0 Å². The number of carbonyl (C=O) groups is 4. The molecule has 29 nitrogen and oxygen atoms in total. The highest BCUT2D eigenvalue weighted by Gasteiger charge is 2.20. The molecule has 484 valence electrons. The number of aliphatic hydroxyl groups is 1. The van der Waals surface area contributed by atoms with Gasteiger partial charge in [0, 0.05) is 168 Å². The minimum absolute atomic E-state index is 0.118. The van der Waals surface area contributed by atoms with Gasteiger partial charge in [0.15, 0.2) is 16.9 Å². The molecule has 30 heteroatoms. The van der Waals surface area contributed by atoms with Gasteiger partial charge in [-0.2, -0.15) is 15.0 Å². The van der Waals surface area contributed by atoms with E-state index in [1.807, 2.05) is 92.4 Å². The highest BCUT2D eigenvalue weighted by Crippen LogP contribution is 2.31. The van der Waals surface area contributed by atoms with Gasteiger partial charge in [-0.25, -0.2) is 44.3 Å². The summed E-state index contributed by atoms with van der Waals surface area (Å²) in [5.41, 5.74) is 8.16. The number of halogens is 1. The second-order valence-electron chi connectivity index (χ2n) is 21.5. The standard InChI is InChI=1S/C23H28N8O3.C20H23ClN8O.C20H24N8O/c1-15-13-20(28-23(34)24-7-12-32)27-21-19(15)14-25-22(29-21)26-17-3-5-18(6-4-17)31-10-8-30(9-11-31)16(2)33;1-2-23-20(30)27-17-6-3-13-12-24-19(28-18(13)26-17)25-14-4-5-16(15(21)11-14)29-9-7-22-8-10-29;1-2-22-20(29)26-17-8-3-14-13-23-19(27-18(14)25-17)24-15-4-6-16(7-5-15)28-11-9-21-10-12-28/h3-6,13-14,32H,7-12H2,1-2H3,(H3,24,25,26,27,28,29,34);3-6,11-12,22H,2,7-10H2,1H3,(H3,23,24,25,26,27,28,30);3-8,13,21H,2,9-12H2,1H3,(H3,22,23,24,25,26,27,29). The van der Waals surface area contributed by atoms with Gasteiger partial charge < -0.3 is 67.2 Å². The van der Waals surface area contributed by atoms with Gasteiger partial charge in [-0.3, -0.25) is 20.7 Å². The Morgan fingerprint density at radius 2 is 0.957 bits per heavy atom. The molecule has 0 bridgehead atoms. The highest BCUT2D eigenvalue weighted by molar-refractivity contribution is 6.33. The van der Waals surface area contributed by atoms with Crippen molar-refractivity contribution in [3.05, 3.63) is 126 Å². The van der Waals surface area contributed by atoms with Crippen molar-refractivity contribution in [2.24, 2.45) is 0 Å². The van der Waals surface area contributed by atoms with E-state index in [0.717, 1.165) is 129 Å². The lowest BCUT2D eigenvalue weighted by Gasteiger charge is -2.35. The van der Waals surface area contributed by atoms with E-state index >= 15 is 0 Å². The fraction of sp³-hybridized carbons (Fsp3) is 0.317. The molecule has 3 fully saturated rings. The normalized spacial score (nSPS) is 13.8. The Morgan fingerprint density at radius 1 is 0.505 bits per heavy atom. The second-order valence-corrected chi connectivity index (χ2v) is 21.9. The number of aliphatic hydroxyl groups excluding tert-OH is 1. The maximum atomic E-state index is 11.9. The van der Waals surface area contributed by atoms with Crippen molar-refractivity contribution in [1.82, 2.24) is 76.3 Å². The maximum absolute atomic E-state index is 11.9. The smallest absolute Gasteiger partial charge is 0.320 e. The lowest BCUT2D eigenvalue weighted by atomic mass is 10.2. The highest BCUT2D eigenvalue weighted by atomic mass is 35.5. The summed E-state index contributed by atoms with van der Waals surface area (Å²) in [6.07, 6.45) is 5.10. The van der Waals surface area contributed by atoms with E-state index in [9.17, 15) is 19.2 Å². The van der Waals surface area contributed by atoms with Gasteiger partial charge >= 0.3 is 18.1 Å². The van der Waals surface area contributed by atoms with Crippen molar-refractivity contribution in [1.29, 1.82) is 0 Å². The third-order valence-electron chi connectivity index (χ3n) is 14.9. The molecular formula is C63H75ClN24O5. The molecule has 0 spiro atoms. The number of hydrogen-bond acceptors (Lipinski definition) is 22. The number of fused-ring (bicyclic) bond motifs is 3.